The number of ether oxygens (including phenoxy) is 12. The highest BCUT2D eigenvalue weighted by molar-refractivity contribution is 6.05. The van der Waals surface area contributed by atoms with Crippen LogP contribution in [0.5, 0.6) is 0 Å². The predicted octanol–water partition coefficient (Wildman–Crippen LogP) is 9.94. The molecule has 20 aliphatic rings. The molecule has 16 aliphatic heterocycles. The first-order chi connectivity index (χ1) is 58.2. The molecule has 4 N–H and O–H groups in total. The molecule has 2 unspecified atom stereocenters. The normalized spacial score (nSPS) is 44.4. The fourth-order valence-corrected chi connectivity index (χ4v) is 24.5. The number of unbranched alkanes of at least 4 members (excludes halogenated alkanes) is 2. The zero-order chi connectivity index (χ0) is 86.2. The second-order valence-electron chi connectivity index (χ2n) is 39.6. The van der Waals surface area contributed by atoms with E-state index in [1.54, 1.807) is 13.8 Å². The van der Waals surface area contributed by atoms with Crippen molar-refractivity contribution in [3.63, 3.8) is 0 Å². The molecule has 0 aromatic rings. The topological polar surface area (TPSA) is 403 Å². The SMILES string of the molecule is C[C@H]1[C@H](OC(=O)CCC(=O)NCCCCC(NC(=O)CCC(=O)O[C@H]2C[C@@H]3CC[C@@H](C)[C@@H]4CC[C@@]5(C)OO[C@@]34[C@H](O2)O5)C(=O)CC(=O)C(CCCCNC(=O)CCC(=O)O[C@@H]2O[C@@H]3O[C@]4(C)CC[C@H]5[C@H](C)CC[C@@H]([C@H]2C)[C@@]35OO4)NC(=O)CCC(=O)O[C@@H]2O[C@@H]3O[C@]4(C)CC[C@H]5[C@H](C)CC[C@@H]([C@H]2C)[C@@]35OO4)O[C@@H]2O[C@]3(C)CC[C@H]4[C@H](C)CC[C@@H]1[C@@]24OO3. The fraction of sp³-hybridized carbons (Fsp3) is 0.886. The lowest BCUT2D eigenvalue weighted by atomic mass is 9.58. The number of Topliss-reactive ketones (excluding diaryl/α,β-unsaturated/α-hetero) is 2. The third kappa shape index (κ3) is 17.5. The van der Waals surface area contributed by atoms with Crippen molar-refractivity contribution in [2.75, 3.05) is 13.1 Å². The van der Waals surface area contributed by atoms with Crippen LogP contribution in [0.4, 0.5) is 0 Å². The van der Waals surface area contributed by atoms with E-state index in [9.17, 15) is 47.9 Å². The van der Waals surface area contributed by atoms with E-state index in [1.807, 2.05) is 34.6 Å². The van der Waals surface area contributed by atoms with Crippen LogP contribution in [0.3, 0.4) is 0 Å². The van der Waals surface area contributed by atoms with E-state index < -0.39 is 199 Å². The largest absolute Gasteiger partial charge is 0.436 e. The third-order valence-electron chi connectivity index (χ3n) is 31.4. The van der Waals surface area contributed by atoms with Crippen LogP contribution in [0.25, 0.3) is 0 Å². The minimum atomic E-state index is -1.31. The first-order valence-corrected chi connectivity index (χ1v) is 45.9. The van der Waals surface area contributed by atoms with E-state index in [-0.39, 0.29) is 142 Å². The number of ketones is 2. The van der Waals surface area contributed by atoms with Crippen LogP contribution < -0.4 is 21.3 Å². The van der Waals surface area contributed by atoms with Crippen molar-refractivity contribution in [2.45, 2.75) is 390 Å². The Morgan fingerprint density at radius 1 is 0.336 bits per heavy atom. The molecule has 34 heteroatoms. The molecule has 33 atom stereocenters. The fourth-order valence-electron chi connectivity index (χ4n) is 24.5. The molecule has 4 spiro atoms. The Kier molecular flexibility index (Phi) is 26.4. The molecule has 122 heavy (non-hydrogen) atoms. The molecule has 4 aliphatic carbocycles. The average Bonchev–Trinajstić information content (AvgIpc) is 1.46. The summed E-state index contributed by atoms with van der Waals surface area (Å²) in [6.07, 6.45) is 3.07. The van der Waals surface area contributed by atoms with Gasteiger partial charge in [-0.3, -0.25) is 47.9 Å². The zero-order valence-electron chi connectivity index (χ0n) is 72.7. The van der Waals surface area contributed by atoms with Gasteiger partial charge in [-0.2, -0.15) is 0 Å². The minimum absolute atomic E-state index is 0.0271. The van der Waals surface area contributed by atoms with E-state index in [4.69, 9.17) is 95.9 Å². The number of nitrogens with one attached hydrogen (secondary N) is 4. The highest BCUT2D eigenvalue weighted by Gasteiger charge is 2.75. The predicted molar refractivity (Wildman–Crippen MR) is 416 cm³/mol. The van der Waals surface area contributed by atoms with E-state index in [0.29, 0.717) is 55.8 Å². The highest BCUT2D eigenvalue weighted by atomic mass is 17.3. The smallest absolute Gasteiger partial charge is 0.308 e. The Balaban J connectivity index is 0.543. The molecular weight excluding hydrogens is 1590 g/mol. The van der Waals surface area contributed by atoms with Crippen LogP contribution in [0.1, 0.15) is 282 Å². The van der Waals surface area contributed by atoms with E-state index in [0.717, 1.165) is 77.0 Å². The summed E-state index contributed by atoms with van der Waals surface area (Å²) in [4.78, 5) is 188. The van der Waals surface area contributed by atoms with Crippen molar-refractivity contribution < 1.29 is 144 Å². The lowest BCUT2D eigenvalue weighted by Crippen LogP contribution is -2.70. The number of hydrogen-bond donors (Lipinski definition) is 4. The molecule has 0 radical (unpaired) electrons. The second kappa shape index (κ2) is 35.8. The Morgan fingerprint density at radius 2 is 0.648 bits per heavy atom. The Bertz CT molecular complexity index is 3890. The molecule has 8 bridgehead atoms. The summed E-state index contributed by atoms with van der Waals surface area (Å²) in [6.45, 7) is 22.1. The van der Waals surface area contributed by atoms with Crippen molar-refractivity contribution in [3.8, 4) is 0 Å². The van der Waals surface area contributed by atoms with Crippen LogP contribution in [0.15, 0.2) is 0 Å². The summed E-state index contributed by atoms with van der Waals surface area (Å²) in [5.41, 5.74) is -3.50. The van der Waals surface area contributed by atoms with Gasteiger partial charge < -0.3 is 78.1 Å². The standard InChI is InChI=1S/C88H130N4O30/c1-46-18-22-53-44-73(107-77-85(53)54(46)34-38-81(8,111-77)115-119-85)103-69(99)32-28-67(97)91-61(16-12-14-42-89-65(95)26-30-70(100)104-74-50(5)58-23-19-47(2)55-35-39-82(9)112-78(108-74)86(55,58)120-116-82)63(93)45-64(94)62(92-68(98)29-33-72(102)106-76-52(7)60-25-21-49(4)57-37-41-84(11)114-80(110-76)88(57,60)122-118-84)17-13-15-43-90-66(96)27-31-71(101)105-75-51(6)59-24-20-48(3)56-36-40-83(10)113-79(109-75)87(56,59)121-117-83/h46-62,73-80H,12-45H2,1-11H3,(H,89,95)(H,90,96)(H,91,97)(H,92,98)/t46-,47-,48-,49-,50-,51-,52-,53+,54+,55+,56+,57+,58+,59+,60+,61?,62?,73-,74-,75-,76-,77-,78-,79-,80-,81-,82+,83+,84+,85+,86-,87-,88-/m1/s1. The van der Waals surface area contributed by atoms with E-state index in [2.05, 4.69) is 49.0 Å². The van der Waals surface area contributed by atoms with E-state index in [1.165, 1.54) is 0 Å². The number of carbonyl (C=O) groups excluding carboxylic acids is 10. The molecule has 4 saturated carbocycles. The van der Waals surface area contributed by atoms with Gasteiger partial charge in [-0.15, -0.1) is 0 Å². The second-order valence-corrected chi connectivity index (χ2v) is 39.6. The third-order valence-corrected chi connectivity index (χ3v) is 31.4. The zero-order valence-corrected chi connectivity index (χ0v) is 72.7. The van der Waals surface area contributed by atoms with Crippen LogP contribution in [-0.4, -0.2) is 180 Å². The minimum Gasteiger partial charge on any atom is -0.436 e. The molecule has 16 heterocycles. The lowest BCUT2D eigenvalue weighted by molar-refractivity contribution is -0.576. The maximum Gasteiger partial charge on any atom is 0.308 e. The molecule has 0 aromatic heterocycles. The molecular formula is C88H130N4O30. The molecule has 682 valence electrons. The van der Waals surface area contributed by atoms with Crippen LogP contribution >= 0.6 is 0 Å². The van der Waals surface area contributed by atoms with Gasteiger partial charge in [0.15, 0.2) is 59.1 Å². The Labute approximate surface area is 712 Å². The number of amides is 4. The molecule has 0 aromatic carbocycles. The van der Waals surface area contributed by atoms with Gasteiger partial charge in [0.05, 0.1) is 44.2 Å². The maximum absolute atomic E-state index is 14.8. The van der Waals surface area contributed by atoms with Crippen molar-refractivity contribution in [1.29, 1.82) is 0 Å². The highest BCUT2D eigenvalue weighted by Crippen LogP contribution is 2.66. The van der Waals surface area contributed by atoms with Gasteiger partial charge in [-0.25, -0.2) is 39.1 Å². The van der Waals surface area contributed by atoms with E-state index >= 15 is 0 Å². The van der Waals surface area contributed by atoms with Crippen LogP contribution in [-0.2, 0) is 144 Å². The number of esters is 4. The molecule has 20 rings (SSSR count). The lowest BCUT2D eigenvalue weighted by Gasteiger charge is -2.59. The number of hydrogen-bond acceptors (Lipinski definition) is 30. The van der Waals surface area contributed by atoms with Crippen LogP contribution in [0.2, 0.25) is 0 Å². The van der Waals surface area contributed by atoms with Crippen molar-refractivity contribution in [2.24, 2.45) is 88.8 Å². The van der Waals surface area contributed by atoms with Gasteiger partial charge in [0.1, 0.15) is 0 Å². The molecule has 4 amide bonds. The summed E-state index contributed by atoms with van der Waals surface area (Å²) >= 11 is 0. The van der Waals surface area contributed by atoms with Crippen molar-refractivity contribution in [1.82, 2.24) is 21.3 Å². The number of rotatable bonds is 32. The summed E-state index contributed by atoms with van der Waals surface area (Å²) in [5, 5.41) is 11.2. The molecule has 16 saturated heterocycles. The summed E-state index contributed by atoms with van der Waals surface area (Å²) in [5.74, 6) is -10.3. The van der Waals surface area contributed by atoms with Crippen LogP contribution in [0, 0.1) is 88.8 Å². The summed E-state index contributed by atoms with van der Waals surface area (Å²) in [7, 11) is 0. The number of fused-ring (bicyclic) bond motifs is 8. The number of carbonyl (C=O) groups is 10. The quantitative estimate of drug-likeness (QED) is 0.0160. The maximum atomic E-state index is 14.8. The molecule has 20 fully saturated rings. The Hall–Kier alpha value is -5.54. The van der Waals surface area contributed by atoms with Gasteiger partial charge in [-0.1, -0.05) is 48.5 Å². The Morgan fingerprint density at radius 3 is 1.01 bits per heavy atom. The summed E-state index contributed by atoms with van der Waals surface area (Å²) in [6, 6.07) is -2.62. The van der Waals surface area contributed by atoms with Gasteiger partial charge in [0, 0.05) is 112 Å². The van der Waals surface area contributed by atoms with Gasteiger partial charge in [0.2, 0.25) is 71.9 Å². The summed E-state index contributed by atoms with van der Waals surface area (Å²) < 4.78 is 75.2. The van der Waals surface area contributed by atoms with Gasteiger partial charge >= 0.3 is 23.9 Å². The monoisotopic (exact) mass is 1720 g/mol. The van der Waals surface area contributed by atoms with Crippen molar-refractivity contribution in [3.05, 3.63) is 0 Å². The van der Waals surface area contributed by atoms with Gasteiger partial charge in [0.25, 0.3) is 0 Å². The van der Waals surface area contributed by atoms with Gasteiger partial charge in [-0.05, 0) is 191 Å². The first-order valence-electron chi connectivity index (χ1n) is 45.9. The average molecular weight is 1720 g/mol. The molecule has 34 nitrogen and oxygen atoms in total. The van der Waals surface area contributed by atoms with Crippen molar-refractivity contribution >= 4 is 59.1 Å². The first kappa shape index (κ1) is 89.8.